The summed E-state index contributed by atoms with van der Waals surface area (Å²) in [6.07, 6.45) is -0.190. The van der Waals surface area contributed by atoms with E-state index in [1.54, 1.807) is 28.9 Å². The summed E-state index contributed by atoms with van der Waals surface area (Å²) in [4.78, 5) is 58.3. The molecule has 11 heteroatoms. The number of rotatable bonds is 10. The fourth-order valence-electron chi connectivity index (χ4n) is 4.66. The molecule has 0 aliphatic carbocycles. The molecule has 206 valence electrons. The molecular weight excluding hydrogens is 492 g/mol. The molecule has 2 heterocycles. The van der Waals surface area contributed by atoms with Gasteiger partial charge < -0.3 is 29.7 Å². The van der Waals surface area contributed by atoms with Crippen molar-refractivity contribution < 1.29 is 33.8 Å². The number of carboxylic acid groups (broad SMARTS) is 1. The van der Waals surface area contributed by atoms with Gasteiger partial charge in [-0.05, 0) is 37.8 Å². The zero-order valence-electron chi connectivity index (χ0n) is 22.3. The number of benzene rings is 1. The Balaban J connectivity index is 1.85. The monoisotopic (exact) mass is 528 g/mol. The number of carboxylic acids is 1. The number of piperazine rings is 1. The number of fused-ring (bicyclic) bond motifs is 1. The number of nitrogens with one attached hydrogen (secondary N) is 1. The number of hydrogen-bond donors (Lipinski definition) is 2. The first-order chi connectivity index (χ1) is 18.1. The van der Waals surface area contributed by atoms with Gasteiger partial charge in [-0.25, -0.2) is 9.78 Å². The van der Waals surface area contributed by atoms with E-state index in [0.717, 1.165) is 5.39 Å². The van der Waals surface area contributed by atoms with Crippen LogP contribution in [0.1, 0.15) is 50.5 Å². The van der Waals surface area contributed by atoms with E-state index >= 15 is 0 Å². The fraction of sp³-hybridized carbons (Fsp3) is 0.519. The van der Waals surface area contributed by atoms with Gasteiger partial charge in [0.25, 0.3) is 5.91 Å². The van der Waals surface area contributed by atoms with Gasteiger partial charge in [0.2, 0.25) is 5.91 Å². The topological polar surface area (TPSA) is 138 Å². The first kappa shape index (κ1) is 28.7. The zero-order chi connectivity index (χ0) is 27.8. The van der Waals surface area contributed by atoms with Crippen LogP contribution in [-0.2, 0) is 14.3 Å². The van der Waals surface area contributed by atoms with Crippen LogP contribution in [-0.4, -0.2) is 89.2 Å². The average Bonchev–Trinajstić information content (AvgIpc) is 2.89. The van der Waals surface area contributed by atoms with Crippen LogP contribution in [0.5, 0.6) is 5.75 Å². The van der Waals surface area contributed by atoms with Gasteiger partial charge in [0.1, 0.15) is 17.5 Å². The Kier molecular flexibility index (Phi) is 9.86. The summed E-state index contributed by atoms with van der Waals surface area (Å²) in [6, 6.07) is 7.32. The summed E-state index contributed by atoms with van der Waals surface area (Å²) < 4.78 is 10.6. The lowest BCUT2D eigenvalue weighted by atomic mass is 9.98. The molecule has 38 heavy (non-hydrogen) atoms. The average molecular weight is 529 g/mol. The van der Waals surface area contributed by atoms with Crippen molar-refractivity contribution in [3.63, 3.8) is 0 Å². The lowest BCUT2D eigenvalue weighted by Crippen LogP contribution is -2.60. The molecule has 11 nitrogen and oxygen atoms in total. The molecule has 0 spiro atoms. The maximum atomic E-state index is 13.7. The van der Waals surface area contributed by atoms with Crippen molar-refractivity contribution in [2.45, 2.75) is 52.1 Å². The van der Waals surface area contributed by atoms with Gasteiger partial charge in [0.05, 0.1) is 19.2 Å². The molecule has 1 aliphatic rings. The standard InChI is InChI=1S/C27H36N4O7/c1-5-38-27(36)30-12-13-31(18(16-30)14-17(2)3)26(35)21(10-11-24(32)33)29-25(34)22-15-23(37-4)19-8-6-7-9-20(19)28-22/h6-9,15,17-18,21H,5,10-14,16H2,1-4H3,(H,29,34)(H,32,33). The number of carbonyl (C=O) groups is 4. The van der Waals surface area contributed by atoms with Crippen LogP contribution in [0.15, 0.2) is 30.3 Å². The highest BCUT2D eigenvalue weighted by molar-refractivity contribution is 5.99. The van der Waals surface area contributed by atoms with Gasteiger partial charge in [0, 0.05) is 43.5 Å². The number of methoxy groups -OCH3 is 1. The highest BCUT2D eigenvalue weighted by Gasteiger charge is 2.37. The van der Waals surface area contributed by atoms with E-state index < -0.39 is 24.0 Å². The molecule has 0 radical (unpaired) electrons. The van der Waals surface area contributed by atoms with E-state index in [1.807, 2.05) is 26.0 Å². The van der Waals surface area contributed by atoms with Gasteiger partial charge in [-0.2, -0.15) is 0 Å². The van der Waals surface area contributed by atoms with E-state index in [1.165, 1.54) is 13.2 Å². The summed E-state index contributed by atoms with van der Waals surface area (Å²) in [5, 5.41) is 12.7. The normalized spacial score (nSPS) is 16.3. The number of hydrogen-bond acceptors (Lipinski definition) is 7. The molecular formula is C27H36N4O7. The highest BCUT2D eigenvalue weighted by atomic mass is 16.6. The number of carbonyl (C=O) groups excluding carboxylic acids is 3. The van der Waals surface area contributed by atoms with E-state index in [9.17, 15) is 24.3 Å². The second-order valence-corrected chi connectivity index (χ2v) is 9.65. The largest absolute Gasteiger partial charge is 0.496 e. The molecule has 0 bridgehead atoms. The van der Waals surface area contributed by atoms with Crippen molar-refractivity contribution in [3.8, 4) is 5.75 Å². The van der Waals surface area contributed by atoms with Gasteiger partial charge in [0.15, 0.2) is 0 Å². The maximum absolute atomic E-state index is 13.7. The van der Waals surface area contributed by atoms with Crippen molar-refractivity contribution >= 4 is 34.8 Å². The van der Waals surface area contributed by atoms with Crippen LogP contribution < -0.4 is 10.1 Å². The van der Waals surface area contributed by atoms with Gasteiger partial charge in [-0.15, -0.1) is 0 Å². The Labute approximate surface area is 222 Å². The predicted molar refractivity (Wildman–Crippen MR) is 140 cm³/mol. The van der Waals surface area contributed by atoms with Gasteiger partial charge in [-0.1, -0.05) is 26.0 Å². The Bertz CT molecular complexity index is 1170. The zero-order valence-corrected chi connectivity index (χ0v) is 22.3. The first-order valence-electron chi connectivity index (χ1n) is 12.8. The fourth-order valence-corrected chi connectivity index (χ4v) is 4.66. The Morgan fingerprint density at radius 2 is 1.92 bits per heavy atom. The van der Waals surface area contributed by atoms with Crippen molar-refractivity contribution in [3.05, 3.63) is 36.0 Å². The first-order valence-corrected chi connectivity index (χ1v) is 12.8. The minimum absolute atomic E-state index is 0.0551. The van der Waals surface area contributed by atoms with Crippen LogP contribution >= 0.6 is 0 Å². The number of nitrogens with zero attached hydrogens (tertiary/aromatic N) is 3. The summed E-state index contributed by atoms with van der Waals surface area (Å²) >= 11 is 0. The van der Waals surface area contributed by atoms with Crippen LogP contribution in [0.2, 0.25) is 0 Å². The van der Waals surface area contributed by atoms with Crippen molar-refractivity contribution in [1.29, 1.82) is 0 Å². The molecule has 1 fully saturated rings. The quantitative estimate of drug-likeness (QED) is 0.480. The van der Waals surface area contributed by atoms with Crippen molar-refractivity contribution in [2.75, 3.05) is 33.4 Å². The van der Waals surface area contributed by atoms with E-state index in [-0.39, 0.29) is 56.1 Å². The molecule has 3 rings (SSSR count). The molecule has 1 aliphatic heterocycles. The Morgan fingerprint density at radius 1 is 1.18 bits per heavy atom. The molecule has 3 amide bonds. The maximum Gasteiger partial charge on any atom is 0.409 e. The Morgan fingerprint density at radius 3 is 2.58 bits per heavy atom. The third kappa shape index (κ3) is 7.11. The van der Waals surface area contributed by atoms with E-state index in [4.69, 9.17) is 9.47 Å². The molecule has 2 unspecified atom stereocenters. The molecule has 2 N–H and O–H groups in total. The summed E-state index contributed by atoms with van der Waals surface area (Å²) in [7, 11) is 1.49. The second-order valence-electron chi connectivity index (χ2n) is 9.65. The third-order valence-electron chi connectivity index (χ3n) is 6.42. The van der Waals surface area contributed by atoms with Crippen molar-refractivity contribution in [1.82, 2.24) is 20.1 Å². The van der Waals surface area contributed by atoms with Crippen LogP contribution in [0, 0.1) is 5.92 Å². The molecule has 1 aromatic carbocycles. The van der Waals surface area contributed by atoms with E-state index in [0.29, 0.717) is 24.2 Å². The predicted octanol–water partition coefficient (Wildman–Crippen LogP) is 2.92. The van der Waals surface area contributed by atoms with Crippen molar-refractivity contribution in [2.24, 2.45) is 5.92 Å². The number of amides is 3. The molecule has 1 saturated heterocycles. The lowest BCUT2D eigenvalue weighted by Gasteiger charge is -2.43. The summed E-state index contributed by atoms with van der Waals surface area (Å²) in [5.74, 6) is -1.38. The number of para-hydroxylation sites is 1. The minimum atomic E-state index is -1.08. The van der Waals surface area contributed by atoms with Crippen LogP contribution in [0.3, 0.4) is 0 Å². The summed E-state index contributed by atoms with van der Waals surface area (Å²) in [5.41, 5.74) is 0.608. The van der Waals surface area contributed by atoms with Gasteiger partial charge >= 0.3 is 12.1 Å². The van der Waals surface area contributed by atoms with Crippen LogP contribution in [0.25, 0.3) is 10.9 Å². The number of aliphatic carboxylic acids is 1. The molecule has 0 saturated carbocycles. The lowest BCUT2D eigenvalue weighted by molar-refractivity contribution is -0.140. The minimum Gasteiger partial charge on any atom is -0.496 e. The molecule has 2 aromatic rings. The molecule has 2 atom stereocenters. The number of pyridine rings is 1. The smallest absolute Gasteiger partial charge is 0.409 e. The van der Waals surface area contributed by atoms with Crippen LogP contribution in [0.4, 0.5) is 4.79 Å². The van der Waals surface area contributed by atoms with Gasteiger partial charge in [-0.3, -0.25) is 14.4 Å². The Hall–Kier alpha value is -3.89. The van der Waals surface area contributed by atoms with E-state index in [2.05, 4.69) is 10.3 Å². The number of ether oxygens (including phenoxy) is 2. The number of aromatic nitrogens is 1. The second kappa shape index (κ2) is 13.1. The highest BCUT2D eigenvalue weighted by Crippen LogP contribution is 2.25. The SMILES string of the molecule is CCOC(=O)N1CCN(C(=O)C(CCC(=O)O)NC(=O)c2cc(OC)c3ccccc3n2)C(CC(C)C)C1. The third-order valence-corrected chi connectivity index (χ3v) is 6.42. The summed E-state index contributed by atoms with van der Waals surface area (Å²) in [6.45, 7) is 6.86. The molecule has 1 aromatic heterocycles.